The maximum absolute atomic E-state index is 12.2. The van der Waals surface area contributed by atoms with Gasteiger partial charge < -0.3 is 14.8 Å². The van der Waals surface area contributed by atoms with Crippen LogP contribution in [0.25, 0.3) is 0 Å². The minimum absolute atomic E-state index is 0. The molecule has 0 atom stereocenters. The van der Waals surface area contributed by atoms with Crippen molar-refractivity contribution in [2.24, 2.45) is 0 Å². The molecule has 0 saturated heterocycles. The van der Waals surface area contributed by atoms with Crippen LogP contribution in [0.3, 0.4) is 0 Å². The molecule has 0 aliphatic rings. The van der Waals surface area contributed by atoms with Crippen molar-refractivity contribution in [3.8, 4) is 0 Å². The van der Waals surface area contributed by atoms with E-state index in [0.29, 0.717) is 0 Å². The van der Waals surface area contributed by atoms with E-state index in [2.05, 4.69) is 9.85 Å². The van der Waals surface area contributed by atoms with E-state index < -0.39 is 35.9 Å². The van der Waals surface area contributed by atoms with Crippen molar-refractivity contribution < 1.29 is 100 Å². The van der Waals surface area contributed by atoms with Crippen LogP contribution in [0, 0.1) is 0 Å². The van der Waals surface area contributed by atoms with Crippen LogP contribution >= 0.6 is 0 Å². The van der Waals surface area contributed by atoms with Crippen molar-refractivity contribution in [1.29, 1.82) is 0 Å². The van der Waals surface area contributed by atoms with Gasteiger partial charge in [0.05, 0.1) is 0 Å². The quantitative estimate of drug-likeness (QED) is 0.402. The Balaban J connectivity index is 0. The van der Waals surface area contributed by atoms with E-state index in [-0.39, 0.29) is 65.2 Å². The SMILES string of the molecule is [Na+].[Na+].[O-]B([O-])On1nc(C(F)(F)F)cc1C(F)(F)F. The van der Waals surface area contributed by atoms with Crippen LogP contribution in [0.2, 0.25) is 0 Å². The number of alkyl halides is 6. The molecule has 0 amide bonds. The predicted molar refractivity (Wildman–Crippen MR) is 34.6 cm³/mol. The Morgan fingerprint density at radius 2 is 1.53 bits per heavy atom. The average Bonchev–Trinajstić information content (AvgIpc) is 2.44. The van der Waals surface area contributed by atoms with Crippen molar-refractivity contribution in [2.45, 2.75) is 12.4 Å². The van der Waals surface area contributed by atoms with E-state index in [0.717, 1.165) is 0 Å². The third kappa shape index (κ3) is 6.25. The van der Waals surface area contributed by atoms with Crippen molar-refractivity contribution in [3.63, 3.8) is 0 Å². The Kier molecular flexibility index (Phi) is 8.68. The molecule has 19 heavy (non-hydrogen) atoms. The van der Waals surface area contributed by atoms with Gasteiger partial charge in [-0.05, 0) is 0 Å². The van der Waals surface area contributed by atoms with Crippen LogP contribution in [0.5, 0.6) is 0 Å². The molecule has 0 fully saturated rings. The van der Waals surface area contributed by atoms with Gasteiger partial charge in [-0.1, -0.05) is 0 Å². The van der Waals surface area contributed by atoms with E-state index in [4.69, 9.17) is 0 Å². The van der Waals surface area contributed by atoms with E-state index in [1.54, 1.807) is 0 Å². The third-order valence-corrected chi connectivity index (χ3v) is 1.44. The zero-order valence-electron chi connectivity index (χ0n) is 9.54. The summed E-state index contributed by atoms with van der Waals surface area (Å²) in [5.41, 5.74) is -3.92. The van der Waals surface area contributed by atoms with Crippen LogP contribution in [-0.2, 0) is 12.4 Å². The molecule has 0 aliphatic carbocycles. The van der Waals surface area contributed by atoms with Gasteiger partial charge in [-0.15, -0.1) is 9.94 Å². The summed E-state index contributed by atoms with van der Waals surface area (Å²) >= 11 is 0. The summed E-state index contributed by atoms with van der Waals surface area (Å²) < 4.78 is 76.1. The van der Waals surface area contributed by atoms with E-state index in [1.807, 2.05) is 0 Å². The van der Waals surface area contributed by atoms with E-state index >= 15 is 0 Å². The summed E-state index contributed by atoms with van der Waals surface area (Å²) in [7, 11) is -3.24. The van der Waals surface area contributed by atoms with Gasteiger partial charge in [0.15, 0.2) is 18.7 Å². The molecule has 1 heterocycles. The molecular formula is C5HBF6N2Na2O3. The Hall–Kier alpha value is 0.575. The van der Waals surface area contributed by atoms with Crippen molar-refractivity contribution >= 4 is 7.32 Å². The van der Waals surface area contributed by atoms with Crippen LogP contribution in [-0.4, -0.2) is 17.3 Å². The van der Waals surface area contributed by atoms with Gasteiger partial charge in [0.1, 0.15) is 0 Å². The molecule has 0 radical (unpaired) electrons. The fourth-order valence-corrected chi connectivity index (χ4v) is 0.856. The predicted octanol–water partition coefficient (Wildman–Crippen LogP) is -6.94. The normalized spacial score (nSPS) is 11.4. The molecule has 14 heteroatoms. The summed E-state index contributed by atoms with van der Waals surface area (Å²) in [6.07, 6.45) is -10.4. The first kappa shape index (κ1) is 21.9. The molecule has 5 nitrogen and oxygen atoms in total. The maximum Gasteiger partial charge on any atom is 1.00 e. The van der Waals surface area contributed by atoms with Gasteiger partial charge in [0, 0.05) is 6.07 Å². The smallest absolute Gasteiger partial charge is 0.858 e. The summed E-state index contributed by atoms with van der Waals surface area (Å²) in [6.45, 7) is 0. The number of nitrogens with zero attached hydrogens (tertiary/aromatic N) is 2. The van der Waals surface area contributed by atoms with Crippen LogP contribution < -0.4 is 73.9 Å². The molecule has 0 bridgehead atoms. The summed E-state index contributed by atoms with van der Waals surface area (Å²) in [5.74, 6) is 0. The molecule has 96 valence electrons. The molecule has 0 aliphatic heterocycles. The van der Waals surface area contributed by atoms with Gasteiger partial charge in [-0.25, -0.2) is 0 Å². The fourth-order valence-electron chi connectivity index (χ4n) is 0.856. The first-order valence-corrected chi connectivity index (χ1v) is 3.75. The van der Waals surface area contributed by atoms with Gasteiger partial charge in [0.2, 0.25) is 0 Å². The van der Waals surface area contributed by atoms with Crippen LogP contribution in [0.15, 0.2) is 6.07 Å². The molecule has 0 aromatic carbocycles. The Bertz CT molecular complexity index is 409. The molecular weight excluding hydrogens is 307 g/mol. The van der Waals surface area contributed by atoms with Gasteiger partial charge in [0.25, 0.3) is 0 Å². The molecule has 0 N–H and O–H groups in total. The number of rotatable bonds is 2. The van der Waals surface area contributed by atoms with E-state index in [9.17, 15) is 36.4 Å². The second-order valence-corrected chi connectivity index (χ2v) is 2.68. The minimum atomic E-state index is -5.24. The zero-order chi connectivity index (χ0) is 13.4. The zero-order valence-corrected chi connectivity index (χ0v) is 13.5. The first-order chi connectivity index (χ1) is 7.51. The van der Waals surface area contributed by atoms with Gasteiger partial charge >= 0.3 is 71.5 Å². The average molecular weight is 308 g/mol. The van der Waals surface area contributed by atoms with Crippen LogP contribution in [0.4, 0.5) is 26.3 Å². The molecule has 1 aromatic heterocycles. The van der Waals surface area contributed by atoms with Crippen LogP contribution in [0.1, 0.15) is 11.4 Å². The van der Waals surface area contributed by atoms with Gasteiger partial charge in [-0.2, -0.15) is 26.3 Å². The second kappa shape index (κ2) is 7.55. The molecule has 1 aromatic rings. The van der Waals surface area contributed by atoms with Crippen molar-refractivity contribution in [3.05, 3.63) is 17.5 Å². The molecule has 1 rings (SSSR count). The van der Waals surface area contributed by atoms with E-state index in [1.165, 1.54) is 0 Å². The topological polar surface area (TPSA) is 73.2 Å². The molecule has 0 saturated carbocycles. The van der Waals surface area contributed by atoms with Crippen molar-refractivity contribution in [1.82, 2.24) is 9.94 Å². The molecule has 0 spiro atoms. The monoisotopic (exact) mass is 308 g/mol. The molecule has 0 unspecified atom stereocenters. The Labute approximate surface area is 146 Å². The number of halogens is 6. The summed E-state index contributed by atoms with van der Waals surface area (Å²) in [4.78, 5) is -0.770. The van der Waals surface area contributed by atoms with Gasteiger partial charge in [-0.3, -0.25) is 0 Å². The summed E-state index contributed by atoms with van der Waals surface area (Å²) in [5, 5.41) is 22.2. The second-order valence-electron chi connectivity index (χ2n) is 2.68. The summed E-state index contributed by atoms with van der Waals surface area (Å²) in [6, 6.07) is -0.373. The third-order valence-electron chi connectivity index (χ3n) is 1.44. The fraction of sp³-hybridized carbons (Fsp3) is 0.400. The first-order valence-electron chi connectivity index (χ1n) is 3.75. The number of hydrogen-bond donors (Lipinski definition) is 0. The number of hydrogen-bond acceptors (Lipinski definition) is 4. The maximum atomic E-state index is 12.2. The Morgan fingerprint density at radius 1 is 1.05 bits per heavy atom. The standard InChI is InChI=1S/C5HBF6N2O3.2Na/c7-4(8,9)2-1-3(5(10,11)12)14(13-2)17-6(15)16;;/h1H;;/q-2;2*+1. The Morgan fingerprint density at radius 3 is 1.84 bits per heavy atom. The van der Waals surface area contributed by atoms with Crippen molar-refractivity contribution in [2.75, 3.05) is 0 Å². The minimum Gasteiger partial charge on any atom is -0.858 e. The number of aromatic nitrogens is 2. The largest absolute Gasteiger partial charge is 1.00 e.